The maximum absolute atomic E-state index is 14.0. The zero-order chi connectivity index (χ0) is 29.3. The zero-order valence-electron chi connectivity index (χ0n) is 21.8. The molecule has 5 rings (SSSR count). The summed E-state index contributed by atoms with van der Waals surface area (Å²) in [6, 6.07) is 22.2. The molecule has 0 spiro atoms. The number of aryl methyl sites for hydroxylation is 1. The number of hydrogen-bond acceptors (Lipinski definition) is 4. The fourth-order valence-corrected chi connectivity index (χ4v) is 4.95. The number of phenolic OH excluding ortho intramolecular Hbond substituents is 1. The van der Waals surface area contributed by atoms with Crippen molar-refractivity contribution in [3.63, 3.8) is 0 Å². The minimum absolute atomic E-state index is 0.0688. The maximum Gasteiger partial charge on any atom is 0.396 e. The Balaban J connectivity index is 1.45. The van der Waals surface area contributed by atoms with Gasteiger partial charge in [-0.2, -0.15) is 13.2 Å². The highest BCUT2D eigenvalue weighted by molar-refractivity contribution is 6.03. The van der Waals surface area contributed by atoms with Gasteiger partial charge in [0.15, 0.2) is 5.88 Å². The van der Waals surface area contributed by atoms with E-state index in [4.69, 9.17) is 0 Å². The van der Waals surface area contributed by atoms with Crippen molar-refractivity contribution in [1.82, 2.24) is 4.98 Å². The van der Waals surface area contributed by atoms with E-state index in [2.05, 4.69) is 9.98 Å². The third-order valence-corrected chi connectivity index (χ3v) is 7.05. The number of aliphatic imine (C=N–C) groups is 1. The molecule has 1 unspecified atom stereocenters. The van der Waals surface area contributed by atoms with Crippen LogP contribution in [0.25, 0.3) is 22.0 Å². The number of carboxylic acid groups (broad SMARTS) is 1. The van der Waals surface area contributed by atoms with Crippen LogP contribution in [0.4, 0.5) is 18.9 Å². The lowest BCUT2D eigenvalue weighted by Gasteiger charge is -2.22. The van der Waals surface area contributed by atoms with Gasteiger partial charge in [-0.1, -0.05) is 60.7 Å². The summed E-state index contributed by atoms with van der Waals surface area (Å²) in [4.78, 5) is 18.5. The number of aromatic nitrogens is 1. The molecule has 0 aliphatic heterocycles. The van der Waals surface area contributed by atoms with Crippen molar-refractivity contribution in [2.24, 2.45) is 4.99 Å². The van der Waals surface area contributed by atoms with E-state index in [0.29, 0.717) is 38.7 Å². The number of nitrogens with zero attached hydrogens (tertiary/aromatic N) is 1. The Hall–Kier alpha value is -5.05. The van der Waals surface area contributed by atoms with Gasteiger partial charge < -0.3 is 20.3 Å². The van der Waals surface area contributed by atoms with E-state index in [1.54, 1.807) is 73.7 Å². The summed E-state index contributed by atoms with van der Waals surface area (Å²) in [6.45, 7) is 1.66. The summed E-state index contributed by atoms with van der Waals surface area (Å²) in [5, 5.41) is 31.2. The van der Waals surface area contributed by atoms with Crippen LogP contribution in [0.15, 0.2) is 89.9 Å². The molecule has 208 valence electrons. The van der Waals surface area contributed by atoms with Crippen molar-refractivity contribution in [1.29, 1.82) is 0 Å². The van der Waals surface area contributed by atoms with Gasteiger partial charge in [-0.3, -0.25) is 4.99 Å². The van der Waals surface area contributed by atoms with E-state index < -0.39 is 18.1 Å². The van der Waals surface area contributed by atoms with E-state index >= 15 is 0 Å². The van der Waals surface area contributed by atoms with E-state index in [1.807, 2.05) is 0 Å². The van der Waals surface area contributed by atoms with Crippen LogP contribution in [-0.4, -0.2) is 38.7 Å². The third-order valence-electron chi connectivity index (χ3n) is 7.05. The Morgan fingerprint density at radius 1 is 0.976 bits per heavy atom. The number of rotatable bonds is 7. The van der Waals surface area contributed by atoms with Crippen molar-refractivity contribution >= 4 is 28.8 Å². The van der Waals surface area contributed by atoms with Gasteiger partial charge in [-0.05, 0) is 59.9 Å². The molecule has 0 amide bonds. The number of H-pyrrole nitrogens is 1. The Morgan fingerprint density at radius 3 is 2.46 bits per heavy atom. The fraction of sp³-hybridized carbons (Fsp3) is 0.125. The average molecular weight is 559 g/mol. The molecule has 0 saturated heterocycles. The molecular weight excluding hydrogens is 533 g/mol. The zero-order valence-corrected chi connectivity index (χ0v) is 21.8. The first-order chi connectivity index (χ1) is 19.5. The number of alkyl halides is 3. The van der Waals surface area contributed by atoms with Crippen LogP contribution in [0, 0.1) is 6.92 Å². The van der Waals surface area contributed by atoms with Crippen molar-refractivity contribution in [3.05, 3.63) is 113 Å². The second-order valence-electron chi connectivity index (χ2n) is 9.74. The summed E-state index contributed by atoms with van der Waals surface area (Å²) < 4.78 is 42.1. The average Bonchev–Trinajstić information content (AvgIpc) is 3.25. The molecule has 1 heterocycles. The second kappa shape index (κ2) is 10.8. The fourth-order valence-electron chi connectivity index (χ4n) is 4.95. The quantitative estimate of drug-likeness (QED) is 0.152. The highest BCUT2D eigenvalue weighted by Gasteiger charge is 2.41. The van der Waals surface area contributed by atoms with E-state index in [9.17, 15) is 33.3 Å². The van der Waals surface area contributed by atoms with Crippen LogP contribution in [0.3, 0.4) is 0 Å². The molecule has 0 fully saturated rings. The molecule has 4 aromatic carbocycles. The van der Waals surface area contributed by atoms with E-state index in [1.165, 1.54) is 24.4 Å². The number of aromatic carboxylic acids is 1. The van der Waals surface area contributed by atoms with Crippen molar-refractivity contribution < 1.29 is 33.3 Å². The first kappa shape index (κ1) is 27.5. The maximum atomic E-state index is 14.0. The molecule has 41 heavy (non-hydrogen) atoms. The minimum atomic E-state index is -4.44. The summed E-state index contributed by atoms with van der Waals surface area (Å²) in [6.07, 6.45) is -3.36. The second-order valence-corrected chi connectivity index (χ2v) is 9.74. The SMILES string of the molecule is Cc1ccccc1C(Cc1ccc2c(C=Nc3cccc(-c4cccc(C(=O)O)c4)c3O)c(O)[nH]c2c1)C(F)(F)F. The first-order valence-corrected chi connectivity index (χ1v) is 12.7. The summed E-state index contributed by atoms with van der Waals surface area (Å²) in [5.41, 5.74) is 3.09. The van der Waals surface area contributed by atoms with Gasteiger partial charge in [0.05, 0.1) is 17.0 Å². The first-order valence-electron chi connectivity index (χ1n) is 12.7. The summed E-state index contributed by atoms with van der Waals surface area (Å²) >= 11 is 0. The lowest BCUT2D eigenvalue weighted by molar-refractivity contribution is -0.150. The lowest BCUT2D eigenvalue weighted by atomic mass is 9.88. The number of carbonyl (C=O) groups is 1. The predicted molar refractivity (Wildman–Crippen MR) is 151 cm³/mol. The van der Waals surface area contributed by atoms with E-state index in [-0.39, 0.29) is 34.9 Å². The van der Waals surface area contributed by atoms with Crippen LogP contribution in [-0.2, 0) is 6.42 Å². The number of nitrogens with one attached hydrogen (secondary N) is 1. The Labute approximate surface area is 233 Å². The summed E-state index contributed by atoms with van der Waals surface area (Å²) in [7, 11) is 0. The highest BCUT2D eigenvalue weighted by atomic mass is 19.4. The van der Waals surface area contributed by atoms with Crippen molar-refractivity contribution in [2.45, 2.75) is 25.4 Å². The molecule has 6 nitrogen and oxygen atoms in total. The van der Waals surface area contributed by atoms with Crippen LogP contribution in [0.1, 0.15) is 38.5 Å². The van der Waals surface area contributed by atoms with Crippen LogP contribution in [0.2, 0.25) is 0 Å². The molecule has 0 bridgehead atoms. The highest BCUT2D eigenvalue weighted by Crippen LogP contribution is 2.40. The van der Waals surface area contributed by atoms with Gasteiger partial charge in [0.1, 0.15) is 11.4 Å². The van der Waals surface area contributed by atoms with Gasteiger partial charge in [0.2, 0.25) is 0 Å². The topological polar surface area (TPSA) is 106 Å². The van der Waals surface area contributed by atoms with Gasteiger partial charge in [0, 0.05) is 22.7 Å². The number of phenols is 1. The number of para-hydroxylation sites is 1. The smallest absolute Gasteiger partial charge is 0.396 e. The monoisotopic (exact) mass is 558 g/mol. The molecule has 9 heteroatoms. The number of benzene rings is 4. The minimum Gasteiger partial charge on any atom is -0.505 e. The molecule has 0 aliphatic rings. The molecule has 1 atom stereocenters. The van der Waals surface area contributed by atoms with E-state index in [0.717, 1.165) is 0 Å². The number of carboxylic acids is 1. The molecule has 0 saturated carbocycles. The van der Waals surface area contributed by atoms with Gasteiger partial charge >= 0.3 is 12.1 Å². The molecule has 4 N–H and O–H groups in total. The van der Waals surface area contributed by atoms with Gasteiger partial charge in [-0.25, -0.2) is 4.79 Å². The molecular formula is C32H25F3N2O4. The van der Waals surface area contributed by atoms with Gasteiger partial charge in [-0.15, -0.1) is 0 Å². The number of hydrogen-bond donors (Lipinski definition) is 4. The van der Waals surface area contributed by atoms with Crippen molar-refractivity contribution in [2.75, 3.05) is 0 Å². The van der Waals surface area contributed by atoms with Gasteiger partial charge in [0.25, 0.3) is 0 Å². The third kappa shape index (κ3) is 5.65. The van der Waals surface area contributed by atoms with Crippen LogP contribution in [0.5, 0.6) is 11.6 Å². The lowest BCUT2D eigenvalue weighted by Crippen LogP contribution is -2.23. The predicted octanol–water partition coefficient (Wildman–Crippen LogP) is 7.89. The standard InChI is InChI=1S/C32H25F3N2O4/c1-18-6-2-3-9-22(18)26(32(33,34)35)14-19-12-13-24-25(30(39)37-28(24)15-19)17-36-27-11-5-10-23(29(27)38)20-7-4-8-21(16-20)31(40)41/h2-13,15-17,26,37-39H,14H2,1H3,(H,40,41). The largest absolute Gasteiger partial charge is 0.505 e. The van der Waals surface area contributed by atoms with Crippen LogP contribution >= 0.6 is 0 Å². The number of aromatic hydroxyl groups is 2. The Kier molecular flexibility index (Phi) is 7.28. The molecule has 0 aliphatic carbocycles. The Morgan fingerprint density at radius 2 is 1.73 bits per heavy atom. The number of fused-ring (bicyclic) bond motifs is 1. The normalized spacial score (nSPS) is 12.7. The number of halogens is 3. The molecule has 5 aromatic rings. The summed E-state index contributed by atoms with van der Waals surface area (Å²) in [5.74, 6) is -3.18. The Bertz CT molecular complexity index is 1790. The molecule has 0 radical (unpaired) electrons. The molecule has 1 aromatic heterocycles. The van der Waals surface area contributed by atoms with Crippen LogP contribution < -0.4 is 0 Å². The number of aromatic amines is 1. The van der Waals surface area contributed by atoms with Crippen molar-refractivity contribution in [3.8, 4) is 22.8 Å².